The van der Waals surface area contributed by atoms with E-state index in [2.05, 4.69) is 56.4 Å². The largest absolute Gasteiger partial charge is 0.314 e. The Balaban J connectivity index is 2.19. The van der Waals surface area contributed by atoms with E-state index in [1.165, 1.54) is 21.1 Å². The minimum atomic E-state index is 0.540. The molecule has 0 amide bonds. The van der Waals surface area contributed by atoms with Crippen LogP contribution in [-0.4, -0.2) is 17.6 Å². The molecule has 3 heteroatoms. The number of rotatable bonds is 7. The molecule has 2 rings (SSSR count). The average molecular weight is 288 g/mol. The first-order valence-electron chi connectivity index (χ1n) is 7.48. The van der Waals surface area contributed by atoms with Crippen molar-refractivity contribution in [2.24, 2.45) is 0 Å². The van der Waals surface area contributed by atoms with Crippen molar-refractivity contribution in [1.29, 1.82) is 0 Å². The third kappa shape index (κ3) is 4.15. The highest BCUT2D eigenvalue weighted by Crippen LogP contribution is 2.29. The zero-order valence-corrected chi connectivity index (χ0v) is 13.5. The van der Waals surface area contributed by atoms with Crippen LogP contribution in [0, 0.1) is 0 Å². The van der Waals surface area contributed by atoms with E-state index in [0.717, 1.165) is 25.8 Å². The standard InChI is InChI=1S/C17H24N2S/c1-4-8-16-19-17(14-9-6-5-7-10-14)15(20-16)11-12-18-13(2)3/h5-7,9-10,13,18H,4,8,11-12H2,1-3H3. The van der Waals surface area contributed by atoms with Gasteiger partial charge in [-0.3, -0.25) is 0 Å². The van der Waals surface area contributed by atoms with Gasteiger partial charge in [0, 0.05) is 23.0 Å². The summed E-state index contributed by atoms with van der Waals surface area (Å²) in [5.41, 5.74) is 2.43. The summed E-state index contributed by atoms with van der Waals surface area (Å²) in [4.78, 5) is 6.27. The van der Waals surface area contributed by atoms with E-state index in [0.29, 0.717) is 6.04 Å². The number of aromatic nitrogens is 1. The van der Waals surface area contributed by atoms with Gasteiger partial charge in [0.1, 0.15) is 0 Å². The predicted octanol–water partition coefficient (Wildman–Crippen LogP) is 4.30. The van der Waals surface area contributed by atoms with Crippen LogP contribution in [0.1, 0.15) is 37.1 Å². The molecule has 20 heavy (non-hydrogen) atoms. The quantitative estimate of drug-likeness (QED) is 0.821. The third-order valence-electron chi connectivity index (χ3n) is 3.16. The second-order valence-corrected chi connectivity index (χ2v) is 6.52. The van der Waals surface area contributed by atoms with Crippen LogP contribution in [0.3, 0.4) is 0 Å². The SMILES string of the molecule is CCCc1nc(-c2ccccc2)c(CCNC(C)C)s1. The summed E-state index contributed by atoms with van der Waals surface area (Å²) in [6.07, 6.45) is 3.30. The van der Waals surface area contributed by atoms with Crippen LogP contribution >= 0.6 is 11.3 Å². The van der Waals surface area contributed by atoms with Crippen molar-refractivity contribution < 1.29 is 0 Å². The molecule has 108 valence electrons. The summed E-state index contributed by atoms with van der Waals surface area (Å²) in [5, 5.41) is 4.76. The molecule has 0 aliphatic carbocycles. The number of nitrogens with one attached hydrogen (secondary N) is 1. The van der Waals surface area contributed by atoms with Gasteiger partial charge >= 0.3 is 0 Å². The molecule has 0 aliphatic rings. The fraction of sp³-hybridized carbons (Fsp3) is 0.471. The highest BCUT2D eigenvalue weighted by Gasteiger charge is 2.12. The molecule has 1 aromatic carbocycles. The van der Waals surface area contributed by atoms with E-state index in [9.17, 15) is 0 Å². The van der Waals surface area contributed by atoms with Crippen molar-refractivity contribution in [2.75, 3.05) is 6.54 Å². The van der Waals surface area contributed by atoms with Gasteiger partial charge in [0.05, 0.1) is 10.7 Å². The van der Waals surface area contributed by atoms with Crippen LogP contribution in [0.15, 0.2) is 30.3 Å². The summed E-state index contributed by atoms with van der Waals surface area (Å²) < 4.78 is 0. The van der Waals surface area contributed by atoms with Gasteiger partial charge < -0.3 is 5.32 Å². The normalized spacial score (nSPS) is 11.2. The van der Waals surface area contributed by atoms with Gasteiger partial charge in [-0.25, -0.2) is 4.98 Å². The van der Waals surface area contributed by atoms with Crippen LogP contribution < -0.4 is 5.32 Å². The van der Waals surface area contributed by atoms with Crippen molar-refractivity contribution in [3.8, 4) is 11.3 Å². The van der Waals surface area contributed by atoms with Crippen molar-refractivity contribution in [1.82, 2.24) is 10.3 Å². The lowest BCUT2D eigenvalue weighted by Gasteiger charge is -2.07. The molecule has 0 atom stereocenters. The van der Waals surface area contributed by atoms with Crippen LogP contribution in [0.25, 0.3) is 11.3 Å². The Labute approximate surface area is 126 Å². The molecule has 0 spiro atoms. The van der Waals surface area contributed by atoms with E-state index < -0.39 is 0 Å². The van der Waals surface area contributed by atoms with E-state index in [1.54, 1.807) is 0 Å². The van der Waals surface area contributed by atoms with Crippen molar-refractivity contribution in [3.05, 3.63) is 40.2 Å². The third-order valence-corrected chi connectivity index (χ3v) is 4.33. The van der Waals surface area contributed by atoms with E-state index in [1.807, 2.05) is 11.3 Å². The second-order valence-electron chi connectivity index (χ2n) is 5.35. The lowest BCUT2D eigenvalue weighted by Crippen LogP contribution is -2.24. The number of benzene rings is 1. The molecule has 2 nitrogen and oxygen atoms in total. The lowest BCUT2D eigenvalue weighted by atomic mass is 10.1. The molecule has 0 bridgehead atoms. The Kier molecular flexibility index (Phi) is 5.74. The van der Waals surface area contributed by atoms with Crippen molar-refractivity contribution in [2.45, 2.75) is 46.1 Å². The maximum Gasteiger partial charge on any atom is 0.0935 e. The molecule has 1 heterocycles. The van der Waals surface area contributed by atoms with Crippen LogP contribution in [-0.2, 0) is 12.8 Å². The van der Waals surface area contributed by atoms with E-state index in [-0.39, 0.29) is 0 Å². The number of aryl methyl sites for hydroxylation is 1. The Morgan fingerprint density at radius 3 is 2.55 bits per heavy atom. The first kappa shape index (κ1) is 15.2. The average Bonchev–Trinajstić information content (AvgIpc) is 2.83. The minimum Gasteiger partial charge on any atom is -0.314 e. The summed E-state index contributed by atoms with van der Waals surface area (Å²) in [6.45, 7) is 7.61. The molecule has 2 aromatic rings. The second kappa shape index (κ2) is 7.55. The Morgan fingerprint density at radius 1 is 1.15 bits per heavy atom. The molecular formula is C17H24N2S. The van der Waals surface area contributed by atoms with Crippen LogP contribution in [0.4, 0.5) is 0 Å². The Bertz CT molecular complexity index is 517. The number of nitrogens with zero attached hydrogens (tertiary/aromatic N) is 1. The smallest absolute Gasteiger partial charge is 0.0935 e. The first-order chi connectivity index (χ1) is 9.70. The number of thiazole rings is 1. The molecule has 0 fully saturated rings. The van der Waals surface area contributed by atoms with Gasteiger partial charge in [-0.2, -0.15) is 0 Å². The Hall–Kier alpha value is -1.19. The van der Waals surface area contributed by atoms with Crippen molar-refractivity contribution >= 4 is 11.3 Å². The van der Waals surface area contributed by atoms with Gasteiger partial charge in [0.2, 0.25) is 0 Å². The van der Waals surface area contributed by atoms with Crippen LogP contribution in [0.2, 0.25) is 0 Å². The molecule has 0 saturated heterocycles. The van der Waals surface area contributed by atoms with Crippen molar-refractivity contribution in [3.63, 3.8) is 0 Å². The van der Waals surface area contributed by atoms with Gasteiger partial charge in [0.25, 0.3) is 0 Å². The maximum absolute atomic E-state index is 4.86. The first-order valence-corrected chi connectivity index (χ1v) is 8.29. The maximum atomic E-state index is 4.86. The molecule has 0 saturated carbocycles. The summed E-state index contributed by atoms with van der Waals surface area (Å²) in [5.74, 6) is 0. The summed E-state index contributed by atoms with van der Waals surface area (Å²) in [6, 6.07) is 11.1. The van der Waals surface area contributed by atoms with Gasteiger partial charge in [0.15, 0.2) is 0 Å². The number of hydrogen-bond donors (Lipinski definition) is 1. The zero-order valence-electron chi connectivity index (χ0n) is 12.6. The van der Waals surface area contributed by atoms with Gasteiger partial charge in [-0.05, 0) is 19.3 Å². The minimum absolute atomic E-state index is 0.540. The molecule has 1 aromatic heterocycles. The highest BCUT2D eigenvalue weighted by molar-refractivity contribution is 7.12. The number of hydrogen-bond acceptors (Lipinski definition) is 3. The molecule has 1 N–H and O–H groups in total. The fourth-order valence-electron chi connectivity index (χ4n) is 2.19. The summed E-state index contributed by atoms with van der Waals surface area (Å²) in [7, 11) is 0. The zero-order chi connectivity index (χ0) is 14.4. The monoisotopic (exact) mass is 288 g/mol. The fourth-order valence-corrected chi connectivity index (χ4v) is 3.38. The molecular weight excluding hydrogens is 264 g/mol. The predicted molar refractivity (Wildman–Crippen MR) is 88.4 cm³/mol. The summed E-state index contributed by atoms with van der Waals surface area (Å²) >= 11 is 1.88. The Morgan fingerprint density at radius 2 is 1.90 bits per heavy atom. The lowest BCUT2D eigenvalue weighted by molar-refractivity contribution is 0.592. The van der Waals surface area contributed by atoms with Crippen LogP contribution in [0.5, 0.6) is 0 Å². The van der Waals surface area contributed by atoms with E-state index in [4.69, 9.17) is 4.98 Å². The topological polar surface area (TPSA) is 24.9 Å². The van der Waals surface area contributed by atoms with E-state index >= 15 is 0 Å². The molecule has 0 unspecified atom stereocenters. The van der Waals surface area contributed by atoms with Gasteiger partial charge in [-0.15, -0.1) is 11.3 Å². The molecule has 0 aliphatic heterocycles. The van der Waals surface area contributed by atoms with Gasteiger partial charge in [-0.1, -0.05) is 51.1 Å². The molecule has 0 radical (unpaired) electrons. The highest BCUT2D eigenvalue weighted by atomic mass is 32.1.